The van der Waals surface area contributed by atoms with Gasteiger partial charge in [-0.1, -0.05) is 12.2 Å². The standard InChI is InChI=1S/C42H49N13O6/c1-6-55-32(18-25(3)51-55)41(58)49-42-47-30-20-27(38(45)57)22-34(61-16-10-14-59-5)36(30)54(42)13-8-7-12-53-35-28(19-26(37(44)56)21-33(35)60-15-9-11-43)29-23-46-39(48-40(29)53)31-17-24(2)50-52(31)4/h7-8,17-23H,6,9-16,43H2,1-5H3,(H2,44,56)(H2,45,57)(H,47,49,58)/b8-7+. The number of nitrogens with two attached hydrogens (primary N) is 3. The number of nitrogens with zero attached hydrogens (tertiary/aromatic N) is 9. The van der Waals surface area contributed by atoms with Crippen LogP contribution in [0.5, 0.6) is 11.5 Å². The number of hydrogen-bond acceptors (Lipinski definition) is 12. The van der Waals surface area contributed by atoms with Gasteiger partial charge in [-0.05, 0) is 70.1 Å². The van der Waals surface area contributed by atoms with Crippen LogP contribution >= 0.6 is 0 Å². The lowest BCUT2D eigenvalue weighted by Gasteiger charge is -2.13. The second-order valence-electron chi connectivity index (χ2n) is 14.4. The van der Waals surface area contributed by atoms with Crippen LogP contribution in [0.4, 0.5) is 5.95 Å². The number of allylic oxidation sites excluding steroid dienone is 2. The molecule has 0 aliphatic carbocycles. The van der Waals surface area contributed by atoms with E-state index in [0.29, 0.717) is 107 Å². The number of carbonyl (C=O) groups excluding carboxylic acids is 3. The first-order valence-corrected chi connectivity index (χ1v) is 19.9. The molecule has 5 aromatic heterocycles. The van der Waals surface area contributed by atoms with Crippen LogP contribution in [0.2, 0.25) is 0 Å². The maximum Gasteiger partial charge on any atom is 0.276 e. The summed E-state index contributed by atoms with van der Waals surface area (Å²) in [5.41, 5.74) is 22.6. The zero-order chi connectivity index (χ0) is 43.4. The summed E-state index contributed by atoms with van der Waals surface area (Å²) >= 11 is 0. The molecule has 0 radical (unpaired) electrons. The predicted octanol–water partition coefficient (Wildman–Crippen LogP) is 4.02. The number of imidazole rings is 1. The van der Waals surface area contributed by atoms with Crippen molar-refractivity contribution in [2.24, 2.45) is 24.2 Å². The molecule has 0 aliphatic heterocycles. The number of benzene rings is 2. The van der Waals surface area contributed by atoms with Crippen LogP contribution in [0, 0.1) is 13.8 Å². The number of fused-ring (bicyclic) bond motifs is 4. The highest BCUT2D eigenvalue weighted by Crippen LogP contribution is 2.37. The fourth-order valence-electron chi connectivity index (χ4n) is 7.24. The Hall–Kier alpha value is -7.12. The SMILES string of the molecule is CCn1nc(C)cc1C(=O)Nc1nc2cc(C(N)=O)cc(OCCCOC)c2n1C/C=C/Cn1c2nc(-c3cc(C)nn3C)ncc2c2cc(C(N)=O)cc(OCCCN)c21. The lowest BCUT2D eigenvalue weighted by molar-refractivity contribution is 0.0991. The Morgan fingerprint density at radius 3 is 2.13 bits per heavy atom. The number of hydrogen-bond donors (Lipinski definition) is 4. The molecule has 7 rings (SSSR count). The van der Waals surface area contributed by atoms with Crippen molar-refractivity contribution in [2.75, 3.05) is 38.8 Å². The maximum absolute atomic E-state index is 13.8. The van der Waals surface area contributed by atoms with Crippen LogP contribution in [0.3, 0.4) is 0 Å². The lowest BCUT2D eigenvalue weighted by atomic mass is 10.1. The van der Waals surface area contributed by atoms with E-state index in [0.717, 1.165) is 11.4 Å². The van der Waals surface area contributed by atoms with Gasteiger partial charge in [-0.15, -0.1) is 0 Å². The number of anilines is 1. The summed E-state index contributed by atoms with van der Waals surface area (Å²) in [5, 5.41) is 13.3. The molecular weight excluding hydrogens is 783 g/mol. The van der Waals surface area contributed by atoms with E-state index in [-0.39, 0.29) is 30.2 Å². The van der Waals surface area contributed by atoms with Gasteiger partial charge >= 0.3 is 0 Å². The van der Waals surface area contributed by atoms with Gasteiger partial charge in [-0.3, -0.25) is 29.1 Å². The smallest absolute Gasteiger partial charge is 0.276 e. The first-order valence-electron chi connectivity index (χ1n) is 19.9. The van der Waals surface area contributed by atoms with Crippen molar-refractivity contribution >= 4 is 56.6 Å². The highest BCUT2D eigenvalue weighted by Gasteiger charge is 2.23. The van der Waals surface area contributed by atoms with Gasteiger partial charge in [0.2, 0.25) is 17.8 Å². The van der Waals surface area contributed by atoms with Gasteiger partial charge in [0, 0.05) is 74.9 Å². The topological polar surface area (TPSA) is 253 Å². The van der Waals surface area contributed by atoms with Gasteiger partial charge in [0.1, 0.15) is 34.1 Å². The molecule has 318 valence electrons. The molecule has 0 saturated carbocycles. The Labute approximate surface area is 350 Å². The largest absolute Gasteiger partial charge is 0.491 e. The van der Waals surface area contributed by atoms with Gasteiger partial charge in [0.15, 0.2) is 5.82 Å². The fourth-order valence-corrected chi connectivity index (χ4v) is 7.24. The Balaban J connectivity index is 1.34. The summed E-state index contributed by atoms with van der Waals surface area (Å²) in [5.74, 6) is -0.201. The maximum atomic E-state index is 13.8. The molecule has 7 N–H and O–H groups in total. The molecule has 0 spiro atoms. The van der Waals surface area contributed by atoms with E-state index >= 15 is 0 Å². The zero-order valence-corrected chi connectivity index (χ0v) is 34.8. The number of primary amides is 2. The van der Waals surface area contributed by atoms with E-state index in [2.05, 4.69) is 15.5 Å². The normalized spacial score (nSPS) is 11.7. The van der Waals surface area contributed by atoms with Crippen LogP contribution in [0.15, 0.2) is 54.7 Å². The van der Waals surface area contributed by atoms with Gasteiger partial charge in [0.05, 0.1) is 35.6 Å². The first kappa shape index (κ1) is 42.0. The molecule has 2 aromatic carbocycles. The number of carbonyl (C=O) groups is 3. The highest BCUT2D eigenvalue weighted by molar-refractivity contribution is 6.12. The molecular formula is C42H49N13O6. The van der Waals surface area contributed by atoms with Gasteiger partial charge in [-0.2, -0.15) is 10.2 Å². The van der Waals surface area contributed by atoms with E-state index in [1.807, 2.05) is 50.6 Å². The third-order valence-corrected chi connectivity index (χ3v) is 10.0. The molecule has 19 heteroatoms. The summed E-state index contributed by atoms with van der Waals surface area (Å²) in [7, 11) is 3.44. The van der Waals surface area contributed by atoms with Crippen LogP contribution in [-0.2, 0) is 31.4 Å². The number of aromatic nitrogens is 9. The van der Waals surface area contributed by atoms with Crippen molar-refractivity contribution in [1.82, 2.24) is 43.6 Å². The van der Waals surface area contributed by atoms with Gasteiger partial charge in [0.25, 0.3) is 5.91 Å². The number of rotatable bonds is 19. The third-order valence-electron chi connectivity index (χ3n) is 10.0. The summed E-state index contributed by atoms with van der Waals surface area (Å²) in [6, 6.07) is 10.1. The van der Waals surface area contributed by atoms with E-state index in [4.69, 9.17) is 46.4 Å². The Morgan fingerprint density at radius 1 is 0.803 bits per heavy atom. The molecule has 0 unspecified atom stereocenters. The fraction of sp³-hybridized carbons (Fsp3) is 0.333. The molecule has 19 nitrogen and oxygen atoms in total. The second-order valence-corrected chi connectivity index (χ2v) is 14.4. The molecule has 0 aliphatic rings. The van der Waals surface area contributed by atoms with Gasteiger partial charge < -0.3 is 40.5 Å². The molecule has 3 amide bonds. The quantitative estimate of drug-likeness (QED) is 0.0666. The molecule has 0 saturated heterocycles. The highest BCUT2D eigenvalue weighted by atomic mass is 16.5. The number of aryl methyl sites for hydroxylation is 4. The average molecular weight is 832 g/mol. The Morgan fingerprint density at radius 2 is 1.48 bits per heavy atom. The molecule has 7 aromatic rings. The van der Waals surface area contributed by atoms with E-state index in [9.17, 15) is 14.4 Å². The van der Waals surface area contributed by atoms with E-state index in [1.54, 1.807) is 57.6 Å². The van der Waals surface area contributed by atoms with Crippen LogP contribution < -0.4 is 32.0 Å². The third kappa shape index (κ3) is 8.64. The molecule has 0 fully saturated rings. The van der Waals surface area contributed by atoms with Gasteiger partial charge in [-0.25, -0.2) is 15.0 Å². The predicted molar refractivity (Wildman–Crippen MR) is 230 cm³/mol. The summed E-state index contributed by atoms with van der Waals surface area (Å²) in [6.45, 7) is 8.07. The average Bonchev–Trinajstić information content (AvgIpc) is 3.98. The van der Waals surface area contributed by atoms with Crippen molar-refractivity contribution in [3.8, 4) is 23.0 Å². The summed E-state index contributed by atoms with van der Waals surface area (Å²) in [6.07, 6.45) is 6.77. The molecule has 61 heavy (non-hydrogen) atoms. The Kier molecular flexibility index (Phi) is 12.4. The van der Waals surface area contributed by atoms with Crippen molar-refractivity contribution in [2.45, 2.75) is 53.2 Å². The number of amides is 3. The van der Waals surface area contributed by atoms with Crippen LogP contribution in [-0.4, -0.2) is 94.8 Å². The monoisotopic (exact) mass is 831 g/mol. The van der Waals surface area contributed by atoms with Crippen molar-refractivity contribution in [1.29, 1.82) is 0 Å². The summed E-state index contributed by atoms with van der Waals surface area (Å²) < 4.78 is 24.8. The minimum atomic E-state index is -0.656. The van der Waals surface area contributed by atoms with Crippen LogP contribution in [0.1, 0.15) is 62.4 Å². The summed E-state index contributed by atoms with van der Waals surface area (Å²) in [4.78, 5) is 53.3. The number of nitrogens with one attached hydrogen (secondary N) is 1. The molecule has 0 bridgehead atoms. The van der Waals surface area contributed by atoms with Crippen LogP contribution in [0.25, 0.3) is 44.5 Å². The Bertz CT molecular complexity index is 2810. The van der Waals surface area contributed by atoms with E-state index in [1.165, 1.54) is 0 Å². The molecule has 0 atom stereocenters. The number of ether oxygens (including phenoxy) is 3. The van der Waals surface area contributed by atoms with Crippen molar-refractivity contribution < 1.29 is 28.6 Å². The number of methoxy groups -OCH3 is 1. The minimum absolute atomic E-state index is 0.199. The first-order chi connectivity index (χ1) is 29.4. The minimum Gasteiger partial charge on any atom is -0.491 e. The van der Waals surface area contributed by atoms with Crippen molar-refractivity contribution in [3.05, 3.63) is 83.0 Å². The van der Waals surface area contributed by atoms with E-state index < -0.39 is 17.7 Å². The second kappa shape index (κ2) is 18.0. The van der Waals surface area contributed by atoms with Crippen molar-refractivity contribution in [3.63, 3.8) is 0 Å². The zero-order valence-electron chi connectivity index (χ0n) is 34.8. The molecule has 5 heterocycles. The lowest BCUT2D eigenvalue weighted by Crippen LogP contribution is -2.20.